The Labute approximate surface area is 107 Å². The number of esters is 1. The molecule has 5 heteroatoms. The summed E-state index contributed by atoms with van der Waals surface area (Å²) in [5.74, 6) is 0.441. The predicted octanol–water partition coefficient (Wildman–Crippen LogP) is 1.02. The quantitative estimate of drug-likeness (QED) is 0.766. The van der Waals surface area contributed by atoms with Gasteiger partial charge in [-0.15, -0.1) is 0 Å². The Morgan fingerprint density at radius 2 is 1.94 bits per heavy atom. The van der Waals surface area contributed by atoms with E-state index in [1.807, 2.05) is 36.2 Å². The summed E-state index contributed by atoms with van der Waals surface area (Å²) < 4.78 is 9.67. The van der Waals surface area contributed by atoms with Crippen LogP contribution >= 0.6 is 0 Å². The van der Waals surface area contributed by atoms with E-state index in [2.05, 4.69) is 4.74 Å². The largest absolute Gasteiger partial charge is 0.497 e. The van der Waals surface area contributed by atoms with Gasteiger partial charge >= 0.3 is 5.97 Å². The maximum atomic E-state index is 11.2. The first kappa shape index (κ1) is 14.3. The first-order valence-electron chi connectivity index (χ1n) is 5.77. The van der Waals surface area contributed by atoms with Crippen LogP contribution in [0.3, 0.4) is 0 Å². The van der Waals surface area contributed by atoms with Crippen LogP contribution in [-0.2, 0) is 9.53 Å². The van der Waals surface area contributed by atoms with Gasteiger partial charge in [0.25, 0.3) is 0 Å². The highest BCUT2D eigenvalue weighted by Crippen LogP contribution is 2.18. The Kier molecular flexibility index (Phi) is 5.45. The fraction of sp³-hybridized carbons (Fsp3) is 0.462. The molecule has 100 valence electrons. The van der Waals surface area contributed by atoms with Crippen molar-refractivity contribution in [1.29, 1.82) is 0 Å². The van der Waals surface area contributed by atoms with Gasteiger partial charge in [-0.1, -0.05) is 0 Å². The molecule has 0 spiro atoms. The Morgan fingerprint density at radius 1 is 1.33 bits per heavy atom. The molecule has 0 aliphatic rings. The van der Waals surface area contributed by atoms with Crippen molar-refractivity contribution in [2.45, 2.75) is 12.5 Å². The van der Waals surface area contributed by atoms with Crippen molar-refractivity contribution in [2.24, 2.45) is 5.73 Å². The summed E-state index contributed by atoms with van der Waals surface area (Å²) in [4.78, 5) is 13.2. The van der Waals surface area contributed by atoms with E-state index in [0.29, 0.717) is 13.0 Å². The second-order valence-electron chi connectivity index (χ2n) is 4.04. The second kappa shape index (κ2) is 6.86. The predicted molar refractivity (Wildman–Crippen MR) is 70.9 cm³/mol. The molecule has 0 bridgehead atoms. The van der Waals surface area contributed by atoms with E-state index >= 15 is 0 Å². The zero-order valence-electron chi connectivity index (χ0n) is 11.1. The van der Waals surface area contributed by atoms with Crippen molar-refractivity contribution in [2.75, 3.05) is 32.7 Å². The molecule has 0 saturated heterocycles. The van der Waals surface area contributed by atoms with E-state index in [-0.39, 0.29) is 5.97 Å². The number of rotatable bonds is 6. The molecule has 0 saturated carbocycles. The van der Waals surface area contributed by atoms with E-state index < -0.39 is 6.04 Å². The Balaban J connectivity index is 2.49. The van der Waals surface area contributed by atoms with Gasteiger partial charge in [-0.05, 0) is 30.7 Å². The lowest BCUT2D eigenvalue weighted by Gasteiger charge is -2.20. The highest BCUT2D eigenvalue weighted by Gasteiger charge is 2.14. The fourth-order valence-corrected chi connectivity index (χ4v) is 1.57. The Bertz CT molecular complexity index is 378. The van der Waals surface area contributed by atoms with Crippen molar-refractivity contribution in [1.82, 2.24) is 0 Å². The zero-order chi connectivity index (χ0) is 13.5. The van der Waals surface area contributed by atoms with Crippen LogP contribution in [0.25, 0.3) is 0 Å². The second-order valence-corrected chi connectivity index (χ2v) is 4.04. The summed E-state index contributed by atoms with van der Waals surface area (Å²) in [6, 6.07) is 7.14. The van der Waals surface area contributed by atoms with Gasteiger partial charge < -0.3 is 20.1 Å². The van der Waals surface area contributed by atoms with Crippen molar-refractivity contribution >= 4 is 11.7 Å². The van der Waals surface area contributed by atoms with Crippen molar-refractivity contribution in [3.05, 3.63) is 24.3 Å². The molecule has 0 fully saturated rings. The number of hydrogen-bond acceptors (Lipinski definition) is 5. The Morgan fingerprint density at radius 3 is 2.44 bits per heavy atom. The van der Waals surface area contributed by atoms with Crippen LogP contribution in [0.4, 0.5) is 5.69 Å². The molecule has 0 radical (unpaired) electrons. The SMILES string of the molecule is COC(=O)C(N)CCN(C)c1ccc(OC)cc1. The molecule has 1 aromatic carbocycles. The minimum atomic E-state index is -0.573. The van der Waals surface area contributed by atoms with Crippen LogP contribution in [0.5, 0.6) is 5.75 Å². The van der Waals surface area contributed by atoms with Crippen LogP contribution in [0.2, 0.25) is 0 Å². The van der Waals surface area contributed by atoms with Gasteiger partial charge in [0.2, 0.25) is 0 Å². The maximum Gasteiger partial charge on any atom is 0.322 e. The molecule has 0 aliphatic heterocycles. The topological polar surface area (TPSA) is 64.8 Å². The van der Waals surface area contributed by atoms with Crippen LogP contribution in [0.15, 0.2) is 24.3 Å². The lowest BCUT2D eigenvalue weighted by Crippen LogP contribution is -2.35. The Hall–Kier alpha value is -1.75. The average molecular weight is 252 g/mol. The first-order chi connectivity index (χ1) is 8.58. The van der Waals surface area contributed by atoms with Gasteiger partial charge in [0.1, 0.15) is 11.8 Å². The van der Waals surface area contributed by atoms with Gasteiger partial charge in [-0.3, -0.25) is 4.79 Å². The van der Waals surface area contributed by atoms with E-state index in [1.54, 1.807) is 7.11 Å². The molecule has 1 atom stereocenters. The summed E-state index contributed by atoms with van der Waals surface area (Å²) in [5.41, 5.74) is 6.73. The third-order valence-corrected chi connectivity index (χ3v) is 2.79. The average Bonchev–Trinajstić information content (AvgIpc) is 2.43. The molecule has 1 rings (SSSR count). The minimum Gasteiger partial charge on any atom is -0.497 e. The van der Waals surface area contributed by atoms with Gasteiger partial charge in [0.15, 0.2) is 0 Å². The summed E-state index contributed by atoms with van der Waals surface area (Å²) in [6.45, 7) is 0.683. The molecular formula is C13H20N2O3. The summed E-state index contributed by atoms with van der Waals surface area (Å²) >= 11 is 0. The number of methoxy groups -OCH3 is 2. The molecule has 18 heavy (non-hydrogen) atoms. The van der Waals surface area contributed by atoms with Crippen LogP contribution in [-0.4, -0.2) is 39.8 Å². The number of carbonyl (C=O) groups excluding carboxylic acids is 1. The highest BCUT2D eigenvalue weighted by molar-refractivity contribution is 5.75. The smallest absolute Gasteiger partial charge is 0.322 e. The maximum absolute atomic E-state index is 11.2. The summed E-state index contributed by atoms with van der Waals surface area (Å²) in [6.07, 6.45) is 0.551. The molecule has 0 aromatic heterocycles. The fourth-order valence-electron chi connectivity index (χ4n) is 1.57. The molecule has 0 aliphatic carbocycles. The summed E-state index contributed by atoms with van der Waals surface area (Å²) in [5, 5.41) is 0. The lowest BCUT2D eigenvalue weighted by molar-refractivity contribution is -0.142. The molecule has 2 N–H and O–H groups in total. The van der Waals surface area contributed by atoms with E-state index in [0.717, 1.165) is 11.4 Å². The number of ether oxygens (including phenoxy) is 2. The summed E-state index contributed by atoms with van der Waals surface area (Å²) in [7, 11) is 4.93. The normalized spacial score (nSPS) is 11.8. The molecule has 1 aromatic rings. The van der Waals surface area contributed by atoms with Crippen molar-refractivity contribution in [3.8, 4) is 5.75 Å². The van der Waals surface area contributed by atoms with Crippen molar-refractivity contribution in [3.63, 3.8) is 0 Å². The number of anilines is 1. The third-order valence-electron chi connectivity index (χ3n) is 2.79. The van der Waals surface area contributed by atoms with Crippen LogP contribution in [0.1, 0.15) is 6.42 Å². The highest BCUT2D eigenvalue weighted by atomic mass is 16.5. The van der Waals surface area contributed by atoms with Gasteiger partial charge in [0, 0.05) is 19.3 Å². The van der Waals surface area contributed by atoms with Crippen LogP contribution in [0, 0.1) is 0 Å². The number of nitrogens with zero attached hydrogens (tertiary/aromatic N) is 1. The molecule has 0 heterocycles. The lowest BCUT2D eigenvalue weighted by atomic mass is 10.2. The molecule has 0 amide bonds. The number of carbonyl (C=O) groups is 1. The molecule has 1 unspecified atom stereocenters. The van der Waals surface area contributed by atoms with Gasteiger partial charge in [0.05, 0.1) is 14.2 Å². The van der Waals surface area contributed by atoms with Gasteiger partial charge in [-0.25, -0.2) is 0 Å². The number of nitrogens with two attached hydrogens (primary N) is 1. The van der Waals surface area contributed by atoms with E-state index in [4.69, 9.17) is 10.5 Å². The minimum absolute atomic E-state index is 0.377. The third kappa shape index (κ3) is 3.92. The van der Waals surface area contributed by atoms with Gasteiger partial charge in [-0.2, -0.15) is 0 Å². The van der Waals surface area contributed by atoms with E-state index in [9.17, 15) is 4.79 Å². The number of hydrogen-bond donors (Lipinski definition) is 1. The number of benzene rings is 1. The van der Waals surface area contributed by atoms with E-state index in [1.165, 1.54) is 7.11 Å². The molecular weight excluding hydrogens is 232 g/mol. The monoisotopic (exact) mass is 252 g/mol. The van der Waals surface area contributed by atoms with Crippen LogP contribution < -0.4 is 15.4 Å². The van der Waals surface area contributed by atoms with Crippen molar-refractivity contribution < 1.29 is 14.3 Å². The first-order valence-corrected chi connectivity index (χ1v) is 5.77. The molecule has 5 nitrogen and oxygen atoms in total. The zero-order valence-corrected chi connectivity index (χ0v) is 11.1. The standard InChI is InChI=1S/C13H20N2O3/c1-15(9-8-12(14)13(16)18-3)10-4-6-11(17-2)7-5-10/h4-7,12H,8-9,14H2,1-3H3.